The number of benzene rings is 1. The van der Waals surface area contributed by atoms with Gasteiger partial charge in [0.05, 0.1) is 18.4 Å². The summed E-state index contributed by atoms with van der Waals surface area (Å²) in [6, 6.07) is 11.9. The van der Waals surface area contributed by atoms with Crippen molar-refractivity contribution in [3.63, 3.8) is 0 Å². The van der Waals surface area contributed by atoms with Crippen LogP contribution in [0.2, 0.25) is 0 Å². The van der Waals surface area contributed by atoms with Crippen LogP contribution in [-0.4, -0.2) is 33.4 Å². The number of nitrogens with one attached hydrogen (secondary N) is 1. The average Bonchev–Trinajstić information content (AvgIpc) is 2.88. The average molecular weight is 293 g/mol. The number of nitrogens with zero attached hydrogens (tertiary/aromatic N) is 4. The Labute approximate surface area is 128 Å². The van der Waals surface area contributed by atoms with Crippen molar-refractivity contribution in [3.8, 4) is 6.07 Å². The second kappa shape index (κ2) is 6.22. The van der Waals surface area contributed by atoms with E-state index < -0.39 is 0 Å². The van der Waals surface area contributed by atoms with Crippen molar-refractivity contribution in [1.82, 2.24) is 14.9 Å². The van der Waals surface area contributed by atoms with E-state index >= 15 is 0 Å². The van der Waals surface area contributed by atoms with E-state index in [0.717, 1.165) is 5.56 Å². The maximum atomic E-state index is 12.1. The third-order valence-electron chi connectivity index (χ3n) is 3.55. The number of hydrogen-bond donors (Lipinski definition) is 1. The molecule has 0 aliphatic carbocycles. The lowest BCUT2D eigenvalue weighted by atomic mass is 10.2. The normalized spacial score (nSPS) is 17.3. The van der Waals surface area contributed by atoms with Crippen LogP contribution in [0.25, 0.3) is 0 Å². The minimum absolute atomic E-state index is 0.0125. The Kier molecular flexibility index (Phi) is 3.97. The fourth-order valence-electron chi connectivity index (χ4n) is 2.49. The second-order valence-electron chi connectivity index (χ2n) is 5.20. The predicted molar refractivity (Wildman–Crippen MR) is 80.6 cm³/mol. The monoisotopic (exact) mass is 293 g/mol. The van der Waals surface area contributed by atoms with Crippen LogP contribution in [0, 0.1) is 11.3 Å². The molecule has 1 saturated heterocycles. The number of aromatic nitrogens is 2. The number of anilines is 1. The van der Waals surface area contributed by atoms with Crippen LogP contribution in [0.4, 0.5) is 5.82 Å². The van der Waals surface area contributed by atoms with Gasteiger partial charge in [-0.2, -0.15) is 5.26 Å². The Balaban J connectivity index is 1.60. The predicted octanol–water partition coefficient (Wildman–Crippen LogP) is 1.56. The number of amides is 1. The van der Waals surface area contributed by atoms with Crippen molar-refractivity contribution in [2.24, 2.45) is 0 Å². The number of likely N-dealkylation sites (tertiary alicyclic amines) is 1. The van der Waals surface area contributed by atoms with E-state index in [1.807, 2.05) is 41.3 Å². The first-order chi connectivity index (χ1) is 10.7. The molecular weight excluding hydrogens is 278 g/mol. The van der Waals surface area contributed by atoms with Crippen molar-refractivity contribution >= 4 is 11.7 Å². The van der Waals surface area contributed by atoms with Crippen molar-refractivity contribution in [1.29, 1.82) is 5.26 Å². The minimum atomic E-state index is 0.0125. The number of hydrogen-bond acceptors (Lipinski definition) is 5. The molecule has 1 N–H and O–H groups in total. The molecule has 2 aromatic rings. The van der Waals surface area contributed by atoms with Crippen molar-refractivity contribution in [3.05, 3.63) is 54.0 Å². The summed E-state index contributed by atoms with van der Waals surface area (Å²) in [6.07, 6.45) is 3.37. The lowest BCUT2D eigenvalue weighted by Crippen LogP contribution is -2.27. The largest absolute Gasteiger partial charge is 0.364 e. The Bertz CT molecular complexity index is 693. The van der Waals surface area contributed by atoms with Gasteiger partial charge in [-0.15, -0.1) is 0 Å². The molecular formula is C16H15N5O. The fraction of sp³-hybridized carbons (Fsp3) is 0.250. The van der Waals surface area contributed by atoms with Crippen LogP contribution in [0.3, 0.4) is 0 Å². The van der Waals surface area contributed by atoms with Gasteiger partial charge in [-0.3, -0.25) is 4.79 Å². The molecule has 6 heteroatoms. The van der Waals surface area contributed by atoms with E-state index in [-0.39, 0.29) is 17.6 Å². The van der Waals surface area contributed by atoms with E-state index in [0.29, 0.717) is 25.3 Å². The smallest absolute Gasteiger partial charge is 0.225 e. The minimum Gasteiger partial charge on any atom is -0.364 e. The van der Waals surface area contributed by atoms with E-state index in [1.54, 1.807) is 0 Å². The van der Waals surface area contributed by atoms with Crippen LogP contribution in [-0.2, 0) is 11.3 Å². The van der Waals surface area contributed by atoms with E-state index in [1.165, 1.54) is 12.4 Å². The molecule has 0 saturated carbocycles. The van der Waals surface area contributed by atoms with Crippen molar-refractivity contribution < 1.29 is 4.79 Å². The lowest BCUT2D eigenvalue weighted by molar-refractivity contribution is -0.128. The Morgan fingerprint density at radius 2 is 2.09 bits per heavy atom. The zero-order valence-corrected chi connectivity index (χ0v) is 11.9. The maximum absolute atomic E-state index is 12.1. The summed E-state index contributed by atoms with van der Waals surface area (Å²) in [5.74, 6) is 0.710. The van der Waals surface area contributed by atoms with Gasteiger partial charge in [0.1, 0.15) is 11.9 Å². The van der Waals surface area contributed by atoms with Crippen LogP contribution in [0.1, 0.15) is 17.7 Å². The van der Waals surface area contributed by atoms with Gasteiger partial charge in [0, 0.05) is 19.5 Å². The zero-order chi connectivity index (χ0) is 15.4. The van der Waals surface area contributed by atoms with Gasteiger partial charge in [-0.1, -0.05) is 30.3 Å². The molecule has 1 aromatic carbocycles. The lowest BCUT2D eigenvalue weighted by Gasteiger charge is -2.17. The van der Waals surface area contributed by atoms with Gasteiger partial charge < -0.3 is 10.2 Å². The van der Waals surface area contributed by atoms with Gasteiger partial charge in [0.15, 0.2) is 5.69 Å². The highest BCUT2D eigenvalue weighted by atomic mass is 16.2. The van der Waals surface area contributed by atoms with E-state index in [2.05, 4.69) is 15.3 Å². The van der Waals surface area contributed by atoms with Crippen molar-refractivity contribution in [2.45, 2.75) is 19.0 Å². The molecule has 1 atom stereocenters. The molecule has 22 heavy (non-hydrogen) atoms. The summed E-state index contributed by atoms with van der Waals surface area (Å²) >= 11 is 0. The Hall–Kier alpha value is -2.94. The molecule has 1 aliphatic rings. The van der Waals surface area contributed by atoms with Crippen molar-refractivity contribution in [2.75, 3.05) is 11.9 Å². The number of rotatable bonds is 4. The third-order valence-corrected chi connectivity index (χ3v) is 3.55. The summed E-state index contributed by atoms with van der Waals surface area (Å²) in [4.78, 5) is 22.0. The van der Waals surface area contributed by atoms with Crippen LogP contribution in [0.15, 0.2) is 42.7 Å². The summed E-state index contributed by atoms with van der Waals surface area (Å²) in [7, 11) is 0. The van der Waals surface area contributed by atoms with E-state index in [4.69, 9.17) is 5.26 Å². The first-order valence-corrected chi connectivity index (χ1v) is 7.05. The van der Waals surface area contributed by atoms with Gasteiger partial charge in [0.25, 0.3) is 0 Å². The van der Waals surface area contributed by atoms with Gasteiger partial charge in [-0.25, -0.2) is 9.97 Å². The summed E-state index contributed by atoms with van der Waals surface area (Å²) < 4.78 is 0. The molecule has 1 amide bonds. The topological polar surface area (TPSA) is 81.9 Å². The van der Waals surface area contributed by atoms with Gasteiger partial charge in [0.2, 0.25) is 5.91 Å². The number of carbonyl (C=O) groups excluding carboxylic acids is 1. The molecule has 3 rings (SSSR count). The van der Waals surface area contributed by atoms with Crippen LogP contribution in [0.5, 0.6) is 0 Å². The number of carbonyl (C=O) groups is 1. The number of nitriles is 1. The SMILES string of the molecule is N#Cc1cnc(NC2CC(=O)N(Cc3ccccc3)C2)cn1. The first kappa shape index (κ1) is 14.0. The summed E-state index contributed by atoms with van der Waals surface area (Å²) in [6.45, 7) is 1.26. The van der Waals surface area contributed by atoms with Gasteiger partial charge in [-0.05, 0) is 5.56 Å². The van der Waals surface area contributed by atoms with Gasteiger partial charge >= 0.3 is 0 Å². The molecule has 2 heterocycles. The van der Waals surface area contributed by atoms with E-state index in [9.17, 15) is 4.79 Å². The molecule has 1 unspecified atom stereocenters. The zero-order valence-electron chi connectivity index (χ0n) is 11.9. The molecule has 1 aromatic heterocycles. The highest BCUT2D eigenvalue weighted by molar-refractivity contribution is 5.80. The standard InChI is InChI=1S/C16H15N5O/c17-7-14-8-19-15(9-18-14)20-13-6-16(22)21(11-13)10-12-4-2-1-3-5-12/h1-5,8-9,13H,6,10-11H2,(H,19,20). The molecule has 1 fully saturated rings. The van der Waals surface area contributed by atoms with Crippen LogP contribution < -0.4 is 5.32 Å². The summed E-state index contributed by atoms with van der Waals surface area (Å²) in [5.41, 5.74) is 1.40. The third kappa shape index (κ3) is 3.20. The maximum Gasteiger partial charge on any atom is 0.225 e. The quantitative estimate of drug-likeness (QED) is 0.925. The molecule has 110 valence electrons. The molecule has 0 radical (unpaired) electrons. The first-order valence-electron chi connectivity index (χ1n) is 7.05. The molecule has 6 nitrogen and oxygen atoms in total. The highest BCUT2D eigenvalue weighted by Crippen LogP contribution is 2.17. The Morgan fingerprint density at radius 3 is 2.77 bits per heavy atom. The Morgan fingerprint density at radius 1 is 1.27 bits per heavy atom. The summed E-state index contributed by atoms with van der Waals surface area (Å²) in [5, 5.41) is 11.9. The van der Waals surface area contributed by atoms with Crippen LogP contribution >= 0.6 is 0 Å². The highest BCUT2D eigenvalue weighted by Gasteiger charge is 2.29. The molecule has 0 spiro atoms. The molecule has 0 bridgehead atoms. The second-order valence-corrected chi connectivity index (χ2v) is 5.20. The fourth-order valence-corrected chi connectivity index (χ4v) is 2.49. The molecule has 1 aliphatic heterocycles.